The summed E-state index contributed by atoms with van der Waals surface area (Å²) in [6.07, 6.45) is 14.3. The van der Waals surface area contributed by atoms with Crippen LogP contribution < -0.4 is 0 Å². The monoisotopic (exact) mass is 571 g/mol. The second kappa shape index (κ2) is 15.8. The molecule has 0 radical (unpaired) electrons. The van der Waals surface area contributed by atoms with Gasteiger partial charge in [0.05, 0.1) is 4.92 Å². The first-order valence-electron chi connectivity index (χ1n) is 14.9. The van der Waals surface area contributed by atoms with E-state index in [1.165, 1.54) is 17.7 Å². The molecule has 1 unspecified atom stereocenters. The van der Waals surface area contributed by atoms with E-state index in [-0.39, 0.29) is 24.1 Å². The summed E-state index contributed by atoms with van der Waals surface area (Å²) in [7, 11) is 0. The van der Waals surface area contributed by atoms with Crippen LogP contribution in [0.5, 0.6) is 0 Å². The smallest absolute Gasteiger partial charge is 0.410 e. The number of rotatable bonds is 14. The summed E-state index contributed by atoms with van der Waals surface area (Å²) in [5.41, 5.74) is 2.83. The third kappa shape index (κ3) is 8.98. The summed E-state index contributed by atoms with van der Waals surface area (Å²) in [5, 5.41) is 10.9. The molecule has 1 aliphatic carbocycles. The highest BCUT2D eigenvalue weighted by Gasteiger charge is 2.29. The Bertz CT molecular complexity index is 1260. The van der Waals surface area contributed by atoms with Crippen LogP contribution >= 0.6 is 0 Å². The average molecular weight is 572 g/mol. The van der Waals surface area contributed by atoms with Crippen molar-refractivity contribution >= 4 is 17.6 Å². The standard InChI is InChI=1S/C34H41N3O5/c1-2-22-36(34(39)42-26-27-13-16-32(17-14-27)37(40)41)31-20-24-35(25-21-31)23-19-29(28-9-5-3-6-10-28)15-18-33(38)30-11-7-4-8-12-30/h2,4-5,7-14,16-17,29,31H,1,3,6,15,18-26H2. The van der Waals surface area contributed by atoms with Crippen LogP contribution in [0.2, 0.25) is 0 Å². The molecule has 0 N–H and O–H groups in total. The Morgan fingerprint density at radius 1 is 1.07 bits per heavy atom. The SMILES string of the molecule is C=CCN(C(=O)OCc1ccc([N+](=O)[O-])cc1)C1CCN(CCC(CCC(=O)c2ccccc2)C2=CCCC=C2)CC1. The van der Waals surface area contributed by atoms with Crippen molar-refractivity contribution in [3.63, 3.8) is 0 Å². The Balaban J connectivity index is 1.26. The molecule has 2 aliphatic rings. The van der Waals surface area contributed by atoms with E-state index in [4.69, 9.17) is 4.74 Å². The molecular formula is C34H41N3O5. The molecule has 1 amide bonds. The van der Waals surface area contributed by atoms with E-state index in [0.29, 0.717) is 24.4 Å². The van der Waals surface area contributed by atoms with Gasteiger partial charge in [-0.15, -0.1) is 6.58 Å². The molecule has 1 heterocycles. The maximum absolute atomic E-state index is 13.0. The summed E-state index contributed by atoms with van der Waals surface area (Å²) >= 11 is 0. The number of ether oxygens (including phenoxy) is 1. The topological polar surface area (TPSA) is 93.0 Å². The van der Waals surface area contributed by atoms with Gasteiger partial charge in [-0.05, 0) is 74.3 Å². The van der Waals surface area contributed by atoms with Crippen LogP contribution in [0.4, 0.5) is 10.5 Å². The van der Waals surface area contributed by atoms with Crippen molar-refractivity contribution in [2.24, 2.45) is 5.92 Å². The van der Waals surface area contributed by atoms with Crippen LogP contribution in [0.25, 0.3) is 0 Å². The van der Waals surface area contributed by atoms with Crippen molar-refractivity contribution in [1.29, 1.82) is 0 Å². The largest absolute Gasteiger partial charge is 0.445 e. The van der Waals surface area contributed by atoms with Gasteiger partial charge in [-0.3, -0.25) is 14.9 Å². The van der Waals surface area contributed by atoms with Gasteiger partial charge in [0.1, 0.15) is 6.61 Å². The lowest BCUT2D eigenvalue weighted by atomic mass is 9.86. The average Bonchev–Trinajstić information content (AvgIpc) is 3.03. The summed E-state index contributed by atoms with van der Waals surface area (Å²) in [5.74, 6) is 0.545. The molecule has 8 heteroatoms. The Labute approximate surface area is 248 Å². The molecule has 0 spiro atoms. The lowest BCUT2D eigenvalue weighted by Gasteiger charge is -2.38. The van der Waals surface area contributed by atoms with E-state index < -0.39 is 11.0 Å². The molecule has 4 rings (SSSR count). The molecule has 1 atom stereocenters. The van der Waals surface area contributed by atoms with E-state index in [9.17, 15) is 19.7 Å². The first-order valence-corrected chi connectivity index (χ1v) is 14.9. The molecule has 8 nitrogen and oxygen atoms in total. The first-order chi connectivity index (χ1) is 20.4. The molecule has 0 saturated carbocycles. The molecule has 0 aromatic heterocycles. The molecule has 42 heavy (non-hydrogen) atoms. The van der Waals surface area contributed by atoms with Gasteiger partial charge in [-0.1, -0.05) is 54.6 Å². The Morgan fingerprint density at radius 3 is 2.45 bits per heavy atom. The van der Waals surface area contributed by atoms with Crippen LogP contribution in [0.3, 0.4) is 0 Å². The maximum atomic E-state index is 13.0. The van der Waals surface area contributed by atoms with Crippen molar-refractivity contribution in [1.82, 2.24) is 9.80 Å². The molecule has 2 aromatic carbocycles. The van der Waals surface area contributed by atoms with Crippen molar-refractivity contribution in [3.8, 4) is 0 Å². The van der Waals surface area contributed by atoms with Crippen LogP contribution in [-0.4, -0.2) is 58.8 Å². The fourth-order valence-electron chi connectivity index (χ4n) is 5.73. The quantitative estimate of drug-likeness (QED) is 0.104. The number of hydrogen-bond donors (Lipinski definition) is 0. The Hall–Kier alpha value is -4.04. The second-order valence-electron chi connectivity index (χ2n) is 11.0. The number of carbonyl (C=O) groups excluding carboxylic acids is 2. The number of ketones is 1. The number of amides is 1. The summed E-state index contributed by atoms with van der Waals surface area (Å²) in [6.45, 7) is 7.01. The lowest BCUT2D eigenvalue weighted by molar-refractivity contribution is -0.384. The number of likely N-dealkylation sites (tertiary alicyclic amines) is 1. The van der Waals surface area contributed by atoms with Gasteiger partial charge >= 0.3 is 6.09 Å². The highest BCUT2D eigenvalue weighted by molar-refractivity contribution is 5.95. The van der Waals surface area contributed by atoms with Crippen LogP contribution in [0.1, 0.15) is 60.9 Å². The van der Waals surface area contributed by atoms with Gasteiger partial charge in [0.2, 0.25) is 0 Å². The number of Topliss-reactive ketones (excluding diaryl/α,β-unsaturated/α-hetero) is 1. The number of nitro benzene ring substituents is 1. The molecule has 222 valence electrons. The Morgan fingerprint density at radius 2 is 1.81 bits per heavy atom. The minimum Gasteiger partial charge on any atom is -0.445 e. The van der Waals surface area contributed by atoms with Gasteiger partial charge in [0.15, 0.2) is 5.78 Å². The predicted molar refractivity (Wildman–Crippen MR) is 164 cm³/mol. The van der Waals surface area contributed by atoms with E-state index in [1.54, 1.807) is 23.1 Å². The zero-order chi connectivity index (χ0) is 29.7. The Kier molecular flexibility index (Phi) is 11.6. The number of non-ortho nitro benzene ring substituents is 1. The fraction of sp³-hybridized carbons (Fsp3) is 0.412. The summed E-state index contributed by atoms with van der Waals surface area (Å²) in [6, 6.07) is 15.6. The minimum absolute atomic E-state index is 0.00375. The van der Waals surface area contributed by atoms with E-state index >= 15 is 0 Å². The normalized spacial score (nSPS) is 16.3. The predicted octanol–water partition coefficient (Wildman–Crippen LogP) is 7.13. The highest BCUT2D eigenvalue weighted by Crippen LogP contribution is 2.28. The molecule has 1 saturated heterocycles. The molecule has 1 aliphatic heterocycles. The minimum atomic E-state index is -0.453. The molecule has 2 aromatic rings. The van der Waals surface area contributed by atoms with Crippen molar-refractivity contribution in [2.75, 3.05) is 26.2 Å². The maximum Gasteiger partial charge on any atom is 0.410 e. The zero-order valence-electron chi connectivity index (χ0n) is 24.2. The van der Waals surface area contributed by atoms with Crippen LogP contribution in [-0.2, 0) is 11.3 Å². The van der Waals surface area contributed by atoms with E-state index in [1.807, 2.05) is 30.3 Å². The summed E-state index contributed by atoms with van der Waals surface area (Å²) in [4.78, 5) is 40.4. The number of carbonyl (C=O) groups is 2. The number of benzene rings is 2. The third-order valence-corrected chi connectivity index (χ3v) is 8.17. The molecule has 1 fully saturated rings. The van der Waals surface area contributed by atoms with Gasteiger partial charge in [-0.25, -0.2) is 4.79 Å². The lowest BCUT2D eigenvalue weighted by Crippen LogP contribution is -2.48. The van der Waals surface area contributed by atoms with Crippen LogP contribution in [0, 0.1) is 16.0 Å². The number of nitrogens with zero attached hydrogens (tertiary/aromatic N) is 3. The van der Waals surface area contributed by atoms with Crippen molar-refractivity contribution in [3.05, 3.63) is 112 Å². The number of nitro groups is 1. The molecule has 0 bridgehead atoms. The van der Waals surface area contributed by atoms with Gasteiger partial charge in [0, 0.05) is 49.8 Å². The van der Waals surface area contributed by atoms with Crippen molar-refractivity contribution in [2.45, 2.75) is 57.6 Å². The van der Waals surface area contributed by atoms with Crippen molar-refractivity contribution < 1.29 is 19.2 Å². The third-order valence-electron chi connectivity index (χ3n) is 8.17. The summed E-state index contributed by atoms with van der Waals surface area (Å²) < 4.78 is 5.56. The number of piperidine rings is 1. The molecular weight excluding hydrogens is 530 g/mol. The first kappa shape index (κ1) is 30.9. The van der Waals surface area contributed by atoms with Crippen LogP contribution in [0.15, 0.2) is 91.1 Å². The van der Waals surface area contributed by atoms with E-state index in [2.05, 4.69) is 29.7 Å². The highest BCUT2D eigenvalue weighted by atomic mass is 16.6. The van der Waals surface area contributed by atoms with Gasteiger partial charge in [-0.2, -0.15) is 0 Å². The van der Waals surface area contributed by atoms with Gasteiger partial charge < -0.3 is 14.5 Å². The number of allylic oxidation sites excluding steroid dienone is 4. The zero-order valence-corrected chi connectivity index (χ0v) is 24.2. The fourth-order valence-corrected chi connectivity index (χ4v) is 5.73. The number of hydrogen-bond acceptors (Lipinski definition) is 6. The van der Waals surface area contributed by atoms with Gasteiger partial charge in [0.25, 0.3) is 5.69 Å². The van der Waals surface area contributed by atoms with E-state index in [0.717, 1.165) is 63.7 Å². The second-order valence-corrected chi connectivity index (χ2v) is 11.0.